The van der Waals surface area contributed by atoms with Crippen LogP contribution >= 0.6 is 0 Å². The van der Waals surface area contributed by atoms with Gasteiger partial charge in [-0.3, -0.25) is 8.98 Å². The molecule has 0 aliphatic heterocycles. The van der Waals surface area contributed by atoms with Gasteiger partial charge in [-0.1, -0.05) is 57.9 Å². The van der Waals surface area contributed by atoms with Gasteiger partial charge in [0.15, 0.2) is 0 Å². The summed E-state index contributed by atoms with van der Waals surface area (Å²) in [7, 11) is -4.52. The van der Waals surface area contributed by atoms with Gasteiger partial charge in [0.2, 0.25) is 16.3 Å². The van der Waals surface area contributed by atoms with E-state index in [-0.39, 0.29) is 42.1 Å². The normalized spacial score (nSPS) is 10.8. The molecule has 0 aromatic carbocycles. The van der Waals surface area contributed by atoms with Crippen LogP contribution in [0.4, 0.5) is 0 Å². The Balaban J connectivity index is 0. The van der Waals surface area contributed by atoms with Gasteiger partial charge in [-0.05, 0) is 18.9 Å². The van der Waals surface area contributed by atoms with Gasteiger partial charge in [-0.2, -0.15) is 0 Å². The number of rotatable bonds is 15. The van der Waals surface area contributed by atoms with Crippen molar-refractivity contribution in [1.29, 1.82) is 0 Å². The molecule has 0 atom stereocenters. The molecule has 130 valence electrons. The fraction of sp³-hybridized carbons (Fsp3) is 0.800. The summed E-state index contributed by atoms with van der Waals surface area (Å²) in [6, 6.07) is 0. The number of hydrogen-bond acceptors (Lipinski definition) is 5. The molecule has 0 bridgehead atoms. The van der Waals surface area contributed by atoms with Crippen molar-refractivity contribution in [2.75, 3.05) is 13.2 Å². The average Bonchev–Trinajstić information content (AvgIpc) is 2.46. The van der Waals surface area contributed by atoms with E-state index >= 15 is 0 Å². The average molecular weight is 357 g/mol. The van der Waals surface area contributed by atoms with Crippen molar-refractivity contribution in [2.24, 2.45) is 0 Å². The molecule has 8 heteroatoms. The van der Waals surface area contributed by atoms with E-state index in [1.165, 1.54) is 31.8 Å². The maximum absolute atomic E-state index is 10.9. The summed E-state index contributed by atoms with van der Waals surface area (Å²) in [5.41, 5.74) is 0. The predicted molar refractivity (Wildman–Crippen MR) is 85.0 cm³/mol. The summed E-state index contributed by atoms with van der Waals surface area (Å²) in [5.74, 6) is -0.113. The van der Waals surface area contributed by atoms with Crippen LogP contribution in [0.2, 0.25) is 0 Å². The number of carbonyl (C=O) groups excluding carboxylic acids is 1. The Hall–Kier alpha value is 0.0800. The Morgan fingerprint density at radius 1 is 0.957 bits per heavy atom. The largest absolute Gasteiger partial charge is 1.00 e. The first-order valence-electron chi connectivity index (χ1n) is 7.96. The zero-order valence-electron chi connectivity index (χ0n) is 14.2. The Morgan fingerprint density at radius 2 is 1.39 bits per heavy atom. The molecule has 0 aromatic rings. The first kappa shape index (κ1) is 25.3. The third-order valence-electron chi connectivity index (χ3n) is 3.28. The van der Waals surface area contributed by atoms with Gasteiger partial charge in [0.25, 0.3) is 0 Å². The van der Waals surface area contributed by atoms with Gasteiger partial charge in [0.05, 0.1) is 6.61 Å². The minimum atomic E-state index is -4.52. The fourth-order valence-electron chi connectivity index (χ4n) is 2.09. The van der Waals surface area contributed by atoms with E-state index < -0.39 is 10.4 Å². The smallest absolute Gasteiger partial charge is 0.726 e. The molecular weight excluding hydrogens is 329 g/mol. The van der Waals surface area contributed by atoms with Crippen LogP contribution in [0, 0.1) is 0 Å². The van der Waals surface area contributed by atoms with E-state index in [2.05, 4.69) is 16.1 Å². The molecule has 0 aliphatic rings. The van der Waals surface area contributed by atoms with E-state index in [9.17, 15) is 17.8 Å². The maximum Gasteiger partial charge on any atom is 1.00 e. The van der Waals surface area contributed by atoms with Crippen molar-refractivity contribution in [3.63, 3.8) is 0 Å². The van der Waals surface area contributed by atoms with E-state index in [0.717, 1.165) is 32.1 Å². The van der Waals surface area contributed by atoms with Gasteiger partial charge in [-0.25, -0.2) is 8.42 Å². The number of carbonyl (C=O) groups is 1. The van der Waals surface area contributed by atoms with Crippen LogP contribution in [-0.4, -0.2) is 32.0 Å². The van der Waals surface area contributed by atoms with Crippen LogP contribution in [0.1, 0.15) is 64.2 Å². The second-order valence-corrected chi connectivity index (χ2v) is 6.31. The van der Waals surface area contributed by atoms with Gasteiger partial charge < -0.3 is 9.87 Å². The molecule has 1 N–H and O–H groups in total. The second kappa shape index (κ2) is 16.9. The molecule has 0 radical (unpaired) electrons. The van der Waals surface area contributed by atoms with Crippen LogP contribution in [-0.2, 0) is 19.4 Å². The summed E-state index contributed by atoms with van der Waals surface area (Å²) in [6.07, 6.45) is 11.8. The zero-order chi connectivity index (χ0) is 16.7. The predicted octanol–water partition coefficient (Wildman–Crippen LogP) is -0.330. The minimum absolute atomic E-state index is 0. The summed E-state index contributed by atoms with van der Waals surface area (Å²) in [6.45, 7) is 4.10. The minimum Gasteiger partial charge on any atom is -0.726 e. The third-order valence-corrected chi connectivity index (χ3v) is 3.74. The summed E-state index contributed by atoms with van der Waals surface area (Å²) in [4.78, 5) is 10.9. The Kier molecular flexibility index (Phi) is 18.6. The van der Waals surface area contributed by atoms with Crippen molar-refractivity contribution in [3.8, 4) is 0 Å². The zero-order valence-corrected chi connectivity index (χ0v) is 17.0. The molecule has 0 fully saturated rings. The monoisotopic (exact) mass is 357 g/mol. The molecule has 0 heterocycles. The van der Waals surface area contributed by atoms with Gasteiger partial charge in [-0.15, -0.1) is 0 Å². The number of hydrogen-bond donors (Lipinski definition) is 1. The number of nitrogens with one attached hydrogen (secondary N) is 1. The van der Waals surface area contributed by atoms with E-state index in [0.29, 0.717) is 13.0 Å². The Bertz CT molecular complexity index is 401. The number of amides is 1. The van der Waals surface area contributed by atoms with Crippen molar-refractivity contribution in [1.82, 2.24) is 5.32 Å². The molecular formula is C15H28NNaO5S. The first-order chi connectivity index (χ1) is 10.5. The van der Waals surface area contributed by atoms with Crippen molar-refractivity contribution in [2.45, 2.75) is 64.2 Å². The molecule has 0 spiro atoms. The fourth-order valence-corrected chi connectivity index (χ4v) is 2.41. The van der Waals surface area contributed by atoms with Crippen molar-refractivity contribution in [3.05, 3.63) is 12.7 Å². The summed E-state index contributed by atoms with van der Waals surface area (Å²) >= 11 is 0. The summed E-state index contributed by atoms with van der Waals surface area (Å²) in [5, 5.41) is 2.75. The van der Waals surface area contributed by atoms with Gasteiger partial charge >= 0.3 is 29.6 Å². The molecule has 0 unspecified atom stereocenters. The van der Waals surface area contributed by atoms with Crippen LogP contribution in [0.15, 0.2) is 12.7 Å². The number of unbranched alkanes of at least 4 members (excludes halogenated alkanes) is 9. The van der Waals surface area contributed by atoms with Crippen LogP contribution in [0.25, 0.3) is 0 Å². The van der Waals surface area contributed by atoms with Crippen LogP contribution < -0.4 is 34.9 Å². The molecule has 1 amide bonds. The molecule has 0 rings (SSSR count). The molecule has 6 nitrogen and oxygen atoms in total. The first-order valence-corrected chi connectivity index (χ1v) is 9.29. The standard InChI is InChI=1S/C15H29NO5S.Na/c1-2-15(17)16-13-11-9-7-5-3-4-6-8-10-12-14-21-22(18,19)20;/h2H,1,3-14H2,(H,16,17)(H,18,19,20);/q;+1/p-1. The molecule has 0 saturated heterocycles. The van der Waals surface area contributed by atoms with Gasteiger partial charge in [0, 0.05) is 6.54 Å². The third kappa shape index (κ3) is 22.1. The summed E-state index contributed by atoms with van der Waals surface area (Å²) < 4.78 is 34.7. The van der Waals surface area contributed by atoms with Crippen LogP contribution in [0.3, 0.4) is 0 Å². The second-order valence-electron chi connectivity index (χ2n) is 5.26. The van der Waals surface area contributed by atoms with Crippen molar-refractivity contribution < 1.29 is 51.5 Å². The Labute approximate surface area is 162 Å². The van der Waals surface area contributed by atoms with E-state index in [1.54, 1.807) is 0 Å². The SMILES string of the molecule is C=CC(=O)NCCCCCCCCCCCCOS(=O)(=O)[O-].[Na+]. The topological polar surface area (TPSA) is 95.5 Å². The molecule has 0 saturated carbocycles. The van der Waals surface area contributed by atoms with Crippen molar-refractivity contribution >= 4 is 16.3 Å². The quantitative estimate of drug-likeness (QED) is 0.142. The molecule has 0 aromatic heterocycles. The van der Waals surface area contributed by atoms with Crippen LogP contribution in [0.5, 0.6) is 0 Å². The molecule has 23 heavy (non-hydrogen) atoms. The maximum atomic E-state index is 10.9. The van der Waals surface area contributed by atoms with E-state index in [4.69, 9.17) is 0 Å². The van der Waals surface area contributed by atoms with E-state index in [1.807, 2.05) is 0 Å². The van der Waals surface area contributed by atoms with Gasteiger partial charge in [0.1, 0.15) is 0 Å². The molecule has 0 aliphatic carbocycles. The Morgan fingerprint density at radius 3 is 1.83 bits per heavy atom.